The Morgan fingerprint density at radius 3 is 2.67 bits per heavy atom. The van der Waals surface area contributed by atoms with E-state index in [-0.39, 0.29) is 11.7 Å². The Labute approximate surface area is 143 Å². The van der Waals surface area contributed by atoms with E-state index < -0.39 is 21.9 Å². The molecule has 2 atom stereocenters. The Kier molecular flexibility index (Phi) is 6.09. The fraction of sp³-hybridized carbons (Fsp3) is 0.278. The van der Waals surface area contributed by atoms with Crippen LogP contribution in [0, 0.1) is 12.7 Å². The van der Waals surface area contributed by atoms with Crippen LogP contribution in [0.1, 0.15) is 18.1 Å². The Bertz CT molecular complexity index is 764. The van der Waals surface area contributed by atoms with Crippen LogP contribution in [0.25, 0.3) is 0 Å². The summed E-state index contributed by atoms with van der Waals surface area (Å²) in [4.78, 5) is 12.3. The molecule has 0 bridgehead atoms. The molecule has 0 fully saturated rings. The largest absolute Gasteiger partial charge is 0.496 e. The number of hydrogen-bond acceptors (Lipinski definition) is 3. The molecule has 0 heterocycles. The average Bonchev–Trinajstić information content (AvgIpc) is 2.56. The number of hydrogen-bond donors (Lipinski definition) is 1. The smallest absolute Gasteiger partial charge is 0.239 e. The minimum Gasteiger partial charge on any atom is -0.496 e. The van der Waals surface area contributed by atoms with E-state index >= 15 is 0 Å². The molecular weight excluding hydrogens is 329 g/mol. The molecule has 2 aromatic rings. The van der Waals surface area contributed by atoms with Gasteiger partial charge in [0.15, 0.2) is 0 Å². The number of amides is 1. The molecule has 0 radical (unpaired) electrons. The summed E-state index contributed by atoms with van der Waals surface area (Å²) < 4.78 is 31.0. The fourth-order valence-electron chi connectivity index (χ4n) is 2.21. The zero-order chi connectivity index (χ0) is 17.7. The predicted octanol–water partition coefficient (Wildman–Crippen LogP) is 3.42. The summed E-state index contributed by atoms with van der Waals surface area (Å²) in [6.45, 7) is 3.48. The molecule has 0 aliphatic rings. The average molecular weight is 349 g/mol. The van der Waals surface area contributed by atoms with Gasteiger partial charge in [-0.05, 0) is 43.7 Å². The number of carbonyl (C=O) groups excluding carboxylic acids is 1. The normalized spacial score (nSPS) is 13.2. The van der Waals surface area contributed by atoms with E-state index in [1.807, 2.05) is 25.1 Å². The van der Waals surface area contributed by atoms with Crippen LogP contribution in [0.15, 0.2) is 42.5 Å². The first-order chi connectivity index (χ1) is 11.4. The van der Waals surface area contributed by atoms with Gasteiger partial charge in [-0.25, -0.2) is 4.39 Å². The van der Waals surface area contributed by atoms with E-state index in [9.17, 15) is 13.4 Å². The van der Waals surface area contributed by atoms with Crippen molar-refractivity contribution < 1.29 is 18.1 Å². The second kappa shape index (κ2) is 8.06. The summed E-state index contributed by atoms with van der Waals surface area (Å²) in [5.41, 5.74) is 2.09. The maximum absolute atomic E-state index is 13.4. The van der Waals surface area contributed by atoms with Crippen molar-refractivity contribution in [2.75, 3.05) is 12.4 Å². The van der Waals surface area contributed by atoms with Crippen LogP contribution in [0.3, 0.4) is 0 Å². The number of aryl methyl sites for hydroxylation is 1. The van der Waals surface area contributed by atoms with Crippen molar-refractivity contribution in [1.82, 2.24) is 0 Å². The number of nitrogens with one attached hydrogen (secondary N) is 1. The van der Waals surface area contributed by atoms with E-state index in [4.69, 9.17) is 4.74 Å². The molecule has 0 saturated heterocycles. The quantitative estimate of drug-likeness (QED) is 0.869. The molecule has 2 aromatic carbocycles. The first-order valence-corrected chi connectivity index (χ1v) is 8.86. The topological polar surface area (TPSA) is 55.4 Å². The number of rotatable bonds is 6. The van der Waals surface area contributed by atoms with Crippen molar-refractivity contribution >= 4 is 22.4 Å². The van der Waals surface area contributed by atoms with Crippen LogP contribution in [0.4, 0.5) is 10.1 Å². The summed E-state index contributed by atoms with van der Waals surface area (Å²) in [7, 11) is -0.0387. The summed E-state index contributed by atoms with van der Waals surface area (Å²) in [5, 5.41) is 2.04. The van der Waals surface area contributed by atoms with E-state index in [1.54, 1.807) is 13.0 Å². The van der Waals surface area contributed by atoms with Gasteiger partial charge in [0, 0.05) is 22.1 Å². The van der Waals surface area contributed by atoms with E-state index in [0.717, 1.165) is 5.56 Å². The van der Waals surface area contributed by atoms with Crippen LogP contribution < -0.4 is 10.1 Å². The molecule has 0 aliphatic heterocycles. The van der Waals surface area contributed by atoms with Crippen molar-refractivity contribution in [3.05, 3.63) is 59.4 Å². The van der Waals surface area contributed by atoms with Crippen molar-refractivity contribution in [1.29, 1.82) is 0 Å². The highest BCUT2D eigenvalue weighted by molar-refractivity contribution is 7.85. The predicted molar refractivity (Wildman–Crippen MR) is 94.1 cm³/mol. The summed E-state index contributed by atoms with van der Waals surface area (Å²) >= 11 is 0. The number of halogens is 1. The molecule has 2 rings (SSSR count). The lowest BCUT2D eigenvalue weighted by Crippen LogP contribution is -2.30. The standard InChI is InChI=1S/C18H20FNO3S/c1-12-6-4-5-7-16(12)20-18(21)13(2)24(22)11-14-10-15(19)8-9-17(14)23-3/h4-10,13H,11H2,1-3H3,(H,20,21)/t13-,24+/m1/s1. The molecule has 0 spiro atoms. The zero-order valence-corrected chi connectivity index (χ0v) is 14.7. The van der Waals surface area contributed by atoms with E-state index in [1.165, 1.54) is 25.3 Å². The van der Waals surface area contributed by atoms with Crippen molar-refractivity contribution in [3.8, 4) is 5.75 Å². The third-order valence-corrected chi connectivity index (χ3v) is 5.30. The van der Waals surface area contributed by atoms with E-state index in [0.29, 0.717) is 17.0 Å². The fourth-order valence-corrected chi connectivity index (χ4v) is 3.28. The van der Waals surface area contributed by atoms with Gasteiger partial charge >= 0.3 is 0 Å². The lowest BCUT2D eigenvalue weighted by atomic mass is 10.2. The van der Waals surface area contributed by atoms with Gasteiger partial charge in [-0.15, -0.1) is 0 Å². The Morgan fingerprint density at radius 1 is 1.29 bits per heavy atom. The van der Waals surface area contributed by atoms with Crippen LogP contribution in [0.2, 0.25) is 0 Å². The zero-order valence-electron chi connectivity index (χ0n) is 13.8. The maximum Gasteiger partial charge on any atom is 0.239 e. The van der Waals surface area contributed by atoms with Gasteiger partial charge in [0.05, 0.1) is 12.9 Å². The summed E-state index contributed by atoms with van der Waals surface area (Å²) in [6.07, 6.45) is 0. The van der Waals surface area contributed by atoms with Gasteiger partial charge < -0.3 is 10.1 Å². The van der Waals surface area contributed by atoms with Gasteiger partial charge in [-0.1, -0.05) is 18.2 Å². The van der Waals surface area contributed by atoms with Gasteiger partial charge in [0.2, 0.25) is 5.91 Å². The molecule has 0 saturated carbocycles. The molecular formula is C18H20FNO3S. The van der Waals surface area contributed by atoms with E-state index in [2.05, 4.69) is 5.32 Å². The maximum atomic E-state index is 13.4. The molecule has 1 amide bonds. The lowest BCUT2D eigenvalue weighted by Gasteiger charge is -2.15. The first kappa shape index (κ1) is 18.1. The highest BCUT2D eigenvalue weighted by Gasteiger charge is 2.22. The number of para-hydroxylation sites is 1. The Morgan fingerprint density at radius 2 is 2.00 bits per heavy atom. The van der Waals surface area contributed by atoms with Crippen LogP contribution in [0.5, 0.6) is 5.75 Å². The molecule has 128 valence electrons. The number of ether oxygens (including phenoxy) is 1. The number of methoxy groups -OCH3 is 1. The summed E-state index contributed by atoms with van der Waals surface area (Å²) in [6, 6.07) is 11.4. The van der Waals surface area contributed by atoms with Crippen molar-refractivity contribution in [3.63, 3.8) is 0 Å². The number of benzene rings is 2. The van der Waals surface area contributed by atoms with Gasteiger partial charge in [-0.3, -0.25) is 9.00 Å². The number of carbonyl (C=O) groups is 1. The first-order valence-electron chi connectivity index (χ1n) is 7.48. The third kappa shape index (κ3) is 4.41. The molecule has 1 N–H and O–H groups in total. The SMILES string of the molecule is COc1ccc(F)cc1C[S@](=O)[C@H](C)C(=O)Nc1ccccc1C. The minimum absolute atomic E-state index is 0.0449. The highest BCUT2D eigenvalue weighted by atomic mass is 32.2. The van der Waals surface area contributed by atoms with Crippen LogP contribution in [-0.2, 0) is 21.3 Å². The Hall–Kier alpha value is -2.21. The van der Waals surface area contributed by atoms with Gasteiger partial charge in [-0.2, -0.15) is 0 Å². The Balaban J connectivity index is 2.08. The third-order valence-electron chi connectivity index (χ3n) is 3.71. The summed E-state index contributed by atoms with van der Waals surface area (Å²) in [5.74, 6) is -0.266. The van der Waals surface area contributed by atoms with Gasteiger partial charge in [0.25, 0.3) is 0 Å². The number of anilines is 1. The van der Waals surface area contributed by atoms with Crippen molar-refractivity contribution in [2.24, 2.45) is 0 Å². The molecule has 0 aromatic heterocycles. The molecule has 0 aliphatic carbocycles. The second-order valence-corrected chi connectivity index (χ2v) is 7.18. The monoisotopic (exact) mass is 349 g/mol. The van der Waals surface area contributed by atoms with Crippen LogP contribution in [-0.4, -0.2) is 22.5 Å². The molecule has 6 heteroatoms. The van der Waals surface area contributed by atoms with Gasteiger partial charge in [0.1, 0.15) is 16.8 Å². The second-order valence-electron chi connectivity index (χ2n) is 5.43. The molecule has 4 nitrogen and oxygen atoms in total. The molecule has 24 heavy (non-hydrogen) atoms. The van der Waals surface area contributed by atoms with Crippen molar-refractivity contribution in [2.45, 2.75) is 24.9 Å². The minimum atomic E-state index is -1.50. The van der Waals surface area contributed by atoms with Crippen LogP contribution >= 0.6 is 0 Å². The molecule has 0 unspecified atom stereocenters. The highest BCUT2D eigenvalue weighted by Crippen LogP contribution is 2.22. The lowest BCUT2D eigenvalue weighted by molar-refractivity contribution is -0.115.